The van der Waals surface area contributed by atoms with E-state index in [1.54, 1.807) is 11.9 Å². The maximum atomic E-state index is 9.31. The van der Waals surface area contributed by atoms with Crippen molar-refractivity contribution in [2.75, 3.05) is 20.6 Å². The van der Waals surface area contributed by atoms with E-state index in [-0.39, 0.29) is 0 Å². The molecule has 0 saturated carbocycles. The molecule has 0 radical (unpaired) electrons. The summed E-state index contributed by atoms with van der Waals surface area (Å²) in [6.45, 7) is 0.743. The topological polar surface area (TPSA) is 46.9 Å². The summed E-state index contributed by atoms with van der Waals surface area (Å²) in [5, 5.41) is 18.5. The first-order valence-corrected chi connectivity index (χ1v) is 3.41. The molecule has 1 fully saturated rings. The third-order valence-corrected chi connectivity index (χ3v) is 1.97. The van der Waals surface area contributed by atoms with Gasteiger partial charge < -0.3 is 10.2 Å². The molecule has 4 nitrogen and oxygen atoms in total. The highest BCUT2D eigenvalue weighted by molar-refractivity contribution is 4.68. The third-order valence-electron chi connectivity index (χ3n) is 1.97. The van der Waals surface area contributed by atoms with Crippen molar-refractivity contribution >= 4 is 0 Å². The fourth-order valence-corrected chi connectivity index (χ4v) is 1.10. The van der Waals surface area contributed by atoms with E-state index in [0.29, 0.717) is 6.42 Å². The monoisotopic (exact) mass is 146 g/mol. The Labute approximate surface area is 60.7 Å². The minimum Gasteiger partial charge on any atom is -0.378 e. The minimum atomic E-state index is -0.635. The van der Waals surface area contributed by atoms with Crippen LogP contribution in [-0.2, 0) is 0 Å². The molecule has 0 aromatic rings. The highest BCUT2D eigenvalue weighted by atomic mass is 16.3. The van der Waals surface area contributed by atoms with E-state index < -0.39 is 12.6 Å². The van der Waals surface area contributed by atoms with Gasteiger partial charge in [0.25, 0.3) is 0 Å². The second kappa shape index (κ2) is 2.84. The van der Waals surface area contributed by atoms with Crippen molar-refractivity contribution in [2.24, 2.45) is 0 Å². The van der Waals surface area contributed by atoms with Crippen LogP contribution in [0.1, 0.15) is 6.42 Å². The van der Waals surface area contributed by atoms with Crippen molar-refractivity contribution in [1.29, 1.82) is 0 Å². The number of aliphatic hydroxyl groups excluding tert-OH is 2. The summed E-state index contributed by atoms with van der Waals surface area (Å²) in [6, 6.07) is 0. The molecule has 0 aliphatic carbocycles. The summed E-state index contributed by atoms with van der Waals surface area (Å²) >= 11 is 0. The average Bonchev–Trinajstić information content (AvgIpc) is 1.93. The molecule has 2 N–H and O–H groups in total. The van der Waals surface area contributed by atoms with E-state index >= 15 is 0 Å². The molecule has 1 heterocycles. The van der Waals surface area contributed by atoms with Gasteiger partial charge in [0, 0.05) is 6.54 Å². The Hall–Kier alpha value is -0.160. The first-order chi connectivity index (χ1) is 4.63. The summed E-state index contributed by atoms with van der Waals surface area (Å²) in [7, 11) is 3.53. The molecule has 10 heavy (non-hydrogen) atoms. The van der Waals surface area contributed by atoms with Gasteiger partial charge in [-0.3, -0.25) is 4.90 Å². The van der Waals surface area contributed by atoms with Crippen LogP contribution in [0, 0.1) is 0 Å². The Balaban J connectivity index is 2.52. The summed E-state index contributed by atoms with van der Waals surface area (Å²) in [6.07, 6.45) is -0.431. The Morgan fingerprint density at radius 2 is 1.90 bits per heavy atom. The van der Waals surface area contributed by atoms with Gasteiger partial charge in [-0.2, -0.15) is 0 Å². The van der Waals surface area contributed by atoms with Crippen molar-refractivity contribution in [2.45, 2.75) is 19.0 Å². The Morgan fingerprint density at radius 1 is 1.30 bits per heavy atom. The lowest BCUT2D eigenvalue weighted by Crippen LogP contribution is -2.54. The smallest absolute Gasteiger partial charge is 0.167 e. The molecule has 60 valence electrons. The average molecular weight is 146 g/mol. The molecule has 0 aromatic heterocycles. The van der Waals surface area contributed by atoms with Gasteiger partial charge in [-0.05, 0) is 20.5 Å². The van der Waals surface area contributed by atoms with Gasteiger partial charge in [-0.1, -0.05) is 0 Å². The zero-order valence-electron chi connectivity index (χ0n) is 6.36. The van der Waals surface area contributed by atoms with Gasteiger partial charge in [0.1, 0.15) is 6.23 Å². The van der Waals surface area contributed by atoms with Gasteiger partial charge >= 0.3 is 0 Å². The molecule has 4 heteroatoms. The highest BCUT2D eigenvalue weighted by Crippen LogP contribution is 2.12. The van der Waals surface area contributed by atoms with Crippen molar-refractivity contribution in [3.05, 3.63) is 0 Å². The van der Waals surface area contributed by atoms with Crippen molar-refractivity contribution < 1.29 is 10.2 Å². The summed E-state index contributed by atoms with van der Waals surface area (Å²) in [4.78, 5) is 3.32. The molecule has 2 atom stereocenters. The van der Waals surface area contributed by atoms with Gasteiger partial charge in [0.05, 0.1) is 0 Å². The molecule has 1 rings (SSSR count). The van der Waals surface area contributed by atoms with E-state index in [0.717, 1.165) is 6.54 Å². The number of hydrogen-bond acceptors (Lipinski definition) is 4. The predicted molar refractivity (Wildman–Crippen MR) is 37.0 cm³/mol. The lowest BCUT2D eigenvalue weighted by molar-refractivity contribution is -0.184. The largest absolute Gasteiger partial charge is 0.378 e. The van der Waals surface area contributed by atoms with Crippen LogP contribution in [-0.4, -0.2) is 53.2 Å². The SMILES string of the molecule is CN1CCC(O)N(C)C1O. The summed E-state index contributed by atoms with van der Waals surface area (Å²) in [5.74, 6) is 0. The molecular formula is C6H14N2O2. The fourth-order valence-electron chi connectivity index (χ4n) is 1.10. The third kappa shape index (κ3) is 1.29. The van der Waals surface area contributed by atoms with Crippen LogP contribution in [0.4, 0.5) is 0 Å². The Morgan fingerprint density at radius 3 is 2.40 bits per heavy atom. The second-order valence-electron chi connectivity index (χ2n) is 2.76. The number of aliphatic hydroxyl groups is 2. The number of nitrogens with zero attached hydrogens (tertiary/aromatic N) is 2. The first kappa shape index (κ1) is 7.94. The van der Waals surface area contributed by atoms with Crippen molar-refractivity contribution in [3.63, 3.8) is 0 Å². The fraction of sp³-hybridized carbons (Fsp3) is 1.00. The number of rotatable bonds is 0. The molecular weight excluding hydrogens is 132 g/mol. The zero-order valence-corrected chi connectivity index (χ0v) is 6.36. The van der Waals surface area contributed by atoms with Crippen LogP contribution in [0.2, 0.25) is 0 Å². The minimum absolute atomic E-state index is 0.494. The molecule has 1 saturated heterocycles. The Kier molecular flexibility index (Phi) is 2.25. The van der Waals surface area contributed by atoms with Crippen LogP contribution < -0.4 is 0 Å². The van der Waals surface area contributed by atoms with Crippen LogP contribution in [0.25, 0.3) is 0 Å². The van der Waals surface area contributed by atoms with Crippen LogP contribution in [0.5, 0.6) is 0 Å². The van der Waals surface area contributed by atoms with E-state index in [9.17, 15) is 10.2 Å². The highest BCUT2D eigenvalue weighted by Gasteiger charge is 2.27. The molecule has 1 aliphatic heterocycles. The van der Waals surface area contributed by atoms with Gasteiger partial charge in [-0.15, -0.1) is 0 Å². The first-order valence-electron chi connectivity index (χ1n) is 3.41. The molecule has 0 amide bonds. The van der Waals surface area contributed by atoms with E-state index in [1.807, 2.05) is 7.05 Å². The van der Waals surface area contributed by atoms with Crippen LogP contribution >= 0.6 is 0 Å². The zero-order chi connectivity index (χ0) is 7.72. The molecule has 0 spiro atoms. The van der Waals surface area contributed by atoms with Gasteiger partial charge in [-0.25, -0.2) is 4.90 Å². The number of hydrogen-bond donors (Lipinski definition) is 2. The Bertz CT molecular complexity index is 106. The standard InChI is InChI=1S/C6H14N2O2/c1-7-4-3-5(9)8(2)6(7)10/h5-6,9-10H,3-4H2,1-2H3. The maximum absolute atomic E-state index is 9.31. The van der Waals surface area contributed by atoms with Crippen molar-refractivity contribution in [1.82, 2.24) is 9.80 Å². The lowest BCUT2D eigenvalue weighted by atomic mass is 10.3. The molecule has 2 unspecified atom stereocenters. The quantitative estimate of drug-likeness (QED) is 0.453. The van der Waals surface area contributed by atoms with Crippen LogP contribution in [0.15, 0.2) is 0 Å². The predicted octanol–water partition coefficient (Wildman–Crippen LogP) is -1.15. The molecule has 0 bridgehead atoms. The normalized spacial score (nSPS) is 38.4. The lowest BCUT2D eigenvalue weighted by Gasteiger charge is -2.39. The maximum Gasteiger partial charge on any atom is 0.167 e. The van der Waals surface area contributed by atoms with E-state index in [4.69, 9.17) is 0 Å². The summed E-state index contributed by atoms with van der Waals surface area (Å²) in [5.41, 5.74) is 0. The second-order valence-corrected chi connectivity index (χ2v) is 2.76. The van der Waals surface area contributed by atoms with E-state index in [1.165, 1.54) is 4.90 Å². The molecule has 1 aliphatic rings. The van der Waals surface area contributed by atoms with E-state index in [2.05, 4.69) is 0 Å². The van der Waals surface area contributed by atoms with Crippen LogP contribution in [0.3, 0.4) is 0 Å². The van der Waals surface area contributed by atoms with Gasteiger partial charge in [0.2, 0.25) is 0 Å². The van der Waals surface area contributed by atoms with Gasteiger partial charge in [0.15, 0.2) is 6.35 Å². The summed E-state index contributed by atoms with van der Waals surface area (Å²) < 4.78 is 0. The van der Waals surface area contributed by atoms with Crippen molar-refractivity contribution in [3.8, 4) is 0 Å². The molecule has 0 aromatic carbocycles.